The van der Waals surface area contributed by atoms with Gasteiger partial charge in [-0.05, 0) is 52.8 Å². The zero-order valence-electron chi connectivity index (χ0n) is 24.5. The van der Waals surface area contributed by atoms with Crippen LogP contribution < -0.4 is 9.64 Å². The fourth-order valence-electron chi connectivity index (χ4n) is 7.45. The maximum Gasteiger partial charge on any atom is 0.178 e. The van der Waals surface area contributed by atoms with Crippen LogP contribution in [0.3, 0.4) is 0 Å². The van der Waals surface area contributed by atoms with Crippen LogP contribution in [0, 0.1) is 6.92 Å². The number of anilines is 1. The van der Waals surface area contributed by atoms with Crippen molar-refractivity contribution in [2.45, 2.75) is 31.8 Å². The average Bonchev–Trinajstić information content (AvgIpc) is 3.28. The molecule has 3 aliphatic rings. The molecule has 1 saturated heterocycles. The molecule has 1 unspecified atom stereocenters. The molecule has 1 fully saturated rings. The molecule has 0 saturated carbocycles. The van der Waals surface area contributed by atoms with Crippen LogP contribution in [-0.4, -0.2) is 26.3 Å². The summed E-state index contributed by atoms with van der Waals surface area (Å²) in [5, 5.41) is 2.41. The molecule has 0 spiro atoms. The van der Waals surface area contributed by atoms with Crippen LogP contribution in [0.1, 0.15) is 47.2 Å². The normalized spacial score (nSPS) is 20.1. The Balaban J connectivity index is 1.35. The summed E-state index contributed by atoms with van der Waals surface area (Å²) in [5.41, 5.74) is 10.5. The van der Waals surface area contributed by atoms with Crippen molar-refractivity contribution < 1.29 is 9.47 Å². The van der Waals surface area contributed by atoms with Crippen molar-refractivity contribution in [3.8, 4) is 16.9 Å². The maximum absolute atomic E-state index is 7.41. The van der Waals surface area contributed by atoms with Crippen molar-refractivity contribution in [3.63, 3.8) is 0 Å². The van der Waals surface area contributed by atoms with E-state index in [9.17, 15) is 0 Å². The van der Waals surface area contributed by atoms with Crippen molar-refractivity contribution in [2.75, 3.05) is 31.2 Å². The lowest BCUT2D eigenvalue weighted by Gasteiger charge is -2.38. The molecular formula is C39H35NO2. The minimum absolute atomic E-state index is 0.148. The third-order valence-electron chi connectivity index (χ3n) is 9.57. The fraction of sp³-hybridized carbons (Fsp3) is 0.231. The van der Waals surface area contributed by atoms with Gasteiger partial charge in [-0.15, -0.1) is 0 Å². The molecule has 1 aliphatic carbocycles. The fourth-order valence-corrected chi connectivity index (χ4v) is 7.45. The van der Waals surface area contributed by atoms with E-state index in [1.807, 2.05) is 0 Å². The molecule has 0 radical (unpaired) electrons. The highest BCUT2D eigenvalue weighted by molar-refractivity contribution is 6.08. The van der Waals surface area contributed by atoms with Crippen molar-refractivity contribution in [3.05, 3.63) is 137 Å². The van der Waals surface area contributed by atoms with E-state index in [1.54, 1.807) is 0 Å². The Labute approximate surface area is 248 Å². The van der Waals surface area contributed by atoms with Gasteiger partial charge in [-0.25, -0.2) is 0 Å². The van der Waals surface area contributed by atoms with Gasteiger partial charge < -0.3 is 14.4 Å². The number of hydrogen-bond acceptors (Lipinski definition) is 3. The lowest BCUT2D eigenvalue weighted by atomic mass is 9.76. The summed E-state index contributed by atoms with van der Waals surface area (Å²) in [6.45, 7) is 10.3. The van der Waals surface area contributed by atoms with Gasteiger partial charge in [-0.3, -0.25) is 0 Å². The van der Waals surface area contributed by atoms with Gasteiger partial charge in [0, 0.05) is 46.3 Å². The zero-order chi connectivity index (χ0) is 28.5. The Hall–Kier alpha value is -4.34. The molecule has 208 valence electrons. The molecule has 2 aliphatic heterocycles. The number of aryl methyl sites for hydroxylation is 1. The first-order valence-corrected chi connectivity index (χ1v) is 15.0. The summed E-state index contributed by atoms with van der Waals surface area (Å²) in [6, 6.07) is 35.3. The van der Waals surface area contributed by atoms with E-state index in [0.717, 1.165) is 48.6 Å². The summed E-state index contributed by atoms with van der Waals surface area (Å²) in [4.78, 5) is 2.40. The van der Waals surface area contributed by atoms with Gasteiger partial charge in [0.15, 0.2) is 5.60 Å². The van der Waals surface area contributed by atoms with Crippen LogP contribution in [0.25, 0.3) is 28.0 Å². The molecule has 2 heterocycles. The van der Waals surface area contributed by atoms with Gasteiger partial charge in [0.2, 0.25) is 0 Å². The highest BCUT2D eigenvalue weighted by atomic mass is 16.5. The maximum atomic E-state index is 7.41. The molecule has 3 heteroatoms. The van der Waals surface area contributed by atoms with Crippen LogP contribution in [-0.2, 0) is 15.8 Å². The third-order valence-corrected chi connectivity index (χ3v) is 9.57. The second kappa shape index (κ2) is 9.34. The molecule has 8 rings (SSSR count). The Morgan fingerprint density at radius 2 is 1.43 bits per heavy atom. The van der Waals surface area contributed by atoms with Gasteiger partial charge in [-0.2, -0.15) is 0 Å². The van der Waals surface area contributed by atoms with E-state index < -0.39 is 5.60 Å². The molecular weight excluding hydrogens is 514 g/mol. The summed E-state index contributed by atoms with van der Waals surface area (Å²) >= 11 is 0. The standard InChI is InChI=1S/C39H35NO2/c1-26-13-18-32-34(25-26)38(2,3)36-33-19-20-39(27-9-5-4-6-10-27,42-37(33)31-12-8-7-11-30(31)35(32)36)28-14-16-29(17-15-28)40-21-23-41-24-22-40/h4-20,25H,21-24H2,1-3H3. The van der Waals surface area contributed by atoms with Crippen LogP contribution in [0.4, 0.5) is 5.69 Å². The Morgan fingerprint density at radius 3 is 2.19 bits per heavy atom. The first-order valence-electron chi connectivity index (χ1n) is 15.0. The molecule has 0 amide bonds. The van der Waals surface area contributed by atoms with Crippen LogP contribution in [0.15, 0.2) is 103 Å². The number of morpholine rings is 1. The van der Waals surface area contributed by atoms with Gasteiger partial charge >= 0.3 is 0 Å². The van der Waals surface area contributed by atoms with E-state index in [4.69, 9.17) is 9.47 Å². The van der Waals surface area contributed by atoms with Crippen molar-refractivity contribution in [1.82, 2.24) is 0 Å². The van der Waals surface area contributed by atoms with Crippen molar-refractivity contribution >= 4 is 22.5 Å². The Bertz CT molecular complexity index is 1860. The molecule has 5 aromatic rings. The summed E-state index contributed by atoms with van der Waals surface area (Å²) < 4.78 is 13.0. The SMILES string of the molecule is Cc1ccc2c(c1)C(C)(C)c1c3c(c4ccccc4c1-2)OC(c1ccccc1)(c1ccc(N2CCOCC2)cc1)C=C3. The Morgan fingerprint density at radius 1 is 0.738 bits per heavy atom. The van der Waals surface area contributed by atoms with Gasteiger partial charge in [-0.1, -0.05) is 110 Å². The number of benzene rings is 5. The van der Waals surface area contributed by atoms with Gasteiger partial charge in [0.1, 0.15) is 5.75 Å². The van der Waals surface area contributed by atoms with E-state index >= 15 is 0 Å². The molecule has 0 aromatic heterocycles. The van der Waals surface area contributed by atoms with Crippen LogP contribution in [0.5, 0.6) is 5.75 Å². The van der Waals surface area contributed by atoms with Gasteiger partial charge in [0.25, 0.3) is 0 Å². The monoisotopic (exact) mass is 549 g/mol. The average molecular weight is 550 g/mol. The van der Waals surface area contributed by atoms with E-state index in [-0.39, 0.29) is 5.41 Å². The van der Waals surface area contributed by atoms with E-state index in [0.29, 0.717) is 0 Å². The Kier molecular flexibility index (Phi) is 5.64. The molecule has 0 N–H and O–H groups in total. The van der Waals surface area contributed by atoms with Gasteiger partial charge in [0.05, 0.1) is 13.2 Å². The molecule has 3 nitrogen and oxygen atoms in total. The highest BCUT2D eigenvalue weighted by Crippen LogP contribution is 2.58. The first kappa shape index (κ1) is 25.4. The molecule has 5 aromatic carbocycles. The van der Waals surface area contributed by atoms with Crippen LogP contribution in [0.2, 0.25) is 0 Å². The highest BCUT2D eigenvalue weighted by Gasteiger charge is 2.44. The second-order valence-electron chi connectivity index (χ2n) is 12.4. The van der Waals surface area contributed by atoms with Crippen molar-refractivity contribution in [2.24, 2.45) is 0 Å². The largest absolute Gasteiger partial charge is 0.472 e. The number of hydrogen-bond donors (Lipinski definition) is 0. The van der Waals surface area contributed by atoms with E-state index in [2.05, 4.69) is 135 Å². The molecule has 1 atom stereocenters. The number of nitrogens with zero attached hydrogens (tertiary/aromatic N) is 1. The molecule has 0 bridgehead atoms. The lowest BCUT2D eigenvalue weighted by Crippen LogP contribution is -2.37. The van der Waals surface area contributed by atoms with Crippen molar-refractivity contribution in [1.29, 1.82) is 0 Å². The topological polar surface area (TPSA) is 21.7 Å². The molecule has 42 heavy (non-hydrogen) atoms. The predicted molar refractivity (Wildman–Crippen MR) is 173 cm³/mol. The third kappa shape index (κ3) is 3.63. The smallest absolute Gasteiger partial charge is 0.178 e. The number of ether oxygens (including phenoxy) is 2. The quantitative estimate of drug-likeness (QED) is 0.225. The summed E-state index contributed by atoms with van der Waals surface area (Å²) in [7, 11) is 0. The predicted octanol–water partition coefficient (Wildman–Crippen LogP) is 8.64. The summed E-state index contributed by atoms with van der Waals surface area (Å²) in [6.07, 6.45) is 4.63. The minimum atomic E-state index is -0.749. The first-order chi connectivity index (χ1) is 20.5. The van der Waals surface area contributed by atoms with Crippen LogP contribution >= 0.6 is 0 Å². The summed E-state index contributed by atoms with van der Waals surface area (Å²) in [5.74, 6) is 0.963. The second-order valence-corrected chi connectivity index (χ2v) is 12.4. The number of rotatable bonds is 3. The lowest BCUT2D eigenvalue weighted by molar-refractivity contribution is 0.122. The minimum Gasteiger partial charge on any atom is -0.472 e. The number of fused-ring (bicyclic) bond motifs is 8. The van der Waals surface area contributed by atoms with E-state index in [1.165, 1.54) is 44.5 Å². The zero-order valence-corrected chi connectivity index (χ0v) is 24.5.